The highest BCUT2D eigenvalue weighted by molar-refractivity contribution is 6.04. The van der Waals surface area contributed by atoms with Crippen LogP contribution in [-0.2, 0) is 9.59 Å². The molecule has 1 aliphatic heterocycles. The molecule has 3 aromatic rings. The summed E-state index contributed by atoms with van der Waals surface area (Å²) in [5.41, 5.74) is 8.80. The van der Waals surface area contributed by atoms with E-state index in [-0.39, 0.29) is 24.1 Å². The van der Waals surface area contributed by atoms with Gasteiger partial charge in [-0.05, 0) is 75.7 Å². The molecule has 1 atom stereocenters. The minimum Gasteiger partial charge on any atom is -0.326 e. The van der Waals surface area contributed by atoms with Gasteiger partial charge in [-0.2, -0.15) is 0 Å². The first-order valence-electron chi connectivity index (χ1n) is 11.0. The molecule has 0 bridgehead atoms. The summed E-state index contributed by atoms with van der Waals surface area (Å²) < 4.78 is 1.73. The summed E-state index contributed by atoms with van der Waals surface area (Å²) in [6.07, 6.45) is 0.176. The molecular weight excluding hydrogens is 416 g/mol. The van der Waals surface area contributed by atoms with Crippen LogP contribution in [0.15, 0.2) is 54.6 Å². The number of hydrogen-bond donors (Lipinski definition) is 2. The van der Waals surface area contributed by atoms with Gasteiger partial charge in [-0.15, -0.1) is 0 Å². The second-order valence-corrected chi connectivity index (χ2v) is 8.65. The molecular formula is C26H28N4O3. The first kappa shape index (κ1) is 22.3. The van der Waals surface area contributed by atoms with Crippen LogP contribution in [0.25, 0.3) is 0 Å². The zero-order chi connectivity index (χ0) is 23.7. The Hall–Kier alpha value is -3.87. The quantitative estimate of drug-likeness (QED) is 0.622. The molecule has 1 saturated heterocycles. The number of carbonyl (C=O) groups is 3. The molecule has 0 radical (unpaired) electrons. The van der Waals surface area contributed by atoms with Gasteiger partial charge in [0.05, 0.1) is 5.92 Å². The number of benzene rings is 2. The molecule has 1 aliphatic rings. The number of carbonyl (C=O) groups excluding carboxylic acids is 3. The molecule has 33 heavy (non-hydrogen) atoms. The summed E-state index contributed by atoms with van der Waals surface area (Å²) in [4.78, 5) is 39.6. The van der Waals surface area contributed by atoms with Crippen molar-refractivity contribution in [2.45, 2.75) is 34.1 Å². The molecule has 0 saturated carbocycles. The maximum absolute atomic E-state index is 12.8. The van der Waals surface area contributed by atoms with Gasteiger partial charge in [0.1, 0.15) is 0 Å². The third kappa shape index (κ3) is 4.67. The van der Waals surface area contributed by atoms with Crippen LogP contribution in [0, 0.1) is 33.6 Å². The van der Waals surface area contributed by atoms with Gasteiger partial charge in [-0.25, -0.2) is 0 Å². The topological polar surface area (TPSA) is 83.4 Å². The van der Waals surface area contributed by atoms with Crippen molar-refractivity contribution in [3.05, 3.63) is 82.7 Å². The zero-order valence-electron chi connectivity index (χ0n) is 19.3. The van der Waals surface area contributed by atoms with Crippen molar-refractivity contribution in [1.29, 1.82) is 0 Å². The normalized spacial score (nSPS) is 15.6. The third-order valence-electron chi connectivity index (χ3n) is 6.04. The first-order chi connectivity index (χ1) is 15.7. The summed E-state index contributed by atoms with van der Waals surface area (Å²) in [7, 11) is 0. The van der Waals surface area contributed by atoms with E-state index in [2.05, 4.69) is 10.7 Å². The Morgan fingerprint density at radius 1 is 0.909 bits per heavy atom. The molecule has 170 valence electrons. The fourth-order valence-corrected chi connectivity index (χ4v) is 4.18. The van der Waals surface area contributed by atoms with Gasteiger partial charge in [0.2, 0.25) is 11.8 Å². The second kappa shape index (κ2) is 8.94. The van der Waals surface area contributed by atoms with E-state index in [1.54, 1.807) is 33.8 Å². The monoisotopic (exact) mass is 444 g/mol. The lowest BCUT2D eigenvalue weighted by Crippen LogP contribution is -2.28. The third-order valence-corrected chi connectivity index (χ3v) is 6.04. The highest BCUT2D eigenvalue weighted by Gasteiger charge is 2.35. The standard InChI is InChI=1S/C26H28N4O3/c1-16-5-12-23(17(2)13-16)29-15-21(14-24(29)31)25(32)27-22-10-8-20(9-11-22)26(33)28-30-18(3)6-7-19(30)4/h5-13,21H,14-15H2,1-4H3,(H,27,32)(H,28,33)/t21-/m0/s1. The fourth-order valence-electron chi connectivity index (χ4n) is 4.18. The summed E-state index contributed by atoms with van der Waals surface area (Å²) in [6.45, 7) is 8.17. The molecule has 4 rings (SSSR count). The number of nitrogens with one attached hydrogen (secondary N) is 2. The Morgan fingerprint density at radius 3 is 2.21 bits per heavy atom. The van der Waals surface area contributed by atoms with Gasteiger partial charge >= 0.3 is 0 Å². The second-order valence-electron chi connectivity index (χ2n) is 8.65. The van der Waals surface area contributed by atoms with Crippen molar-refractivity contribution in [3.8, 4) is 0 Å². The van der Waals surface area contributed by atoms with Crippen LogP contribution >= 0.6 is 0 Å². The van der Waals surface area contributed by atoms with Crippen LogP contribution in [0.3, 0.4) is 0 Å². The molecule has 1 fully saturated rings. The molecule has 1 aromatic heterocycles. The van der Waals surface area contributed by atoms with E-state index >= 15 is 0 Å². The largest absolute Gasteiger partial charge is 0.326 e. The van der Waals surface area contributed by atoms with Gasteiger partial charge in [-0.3, -0.25) is 24.5 Å². The minimum atomic E-state index is -0.430. The average molecular weight is 445 g/mol. The Labute approximate surface area is 193 Å². The molecule has 2 aromatic carbocycles. The predicted molar refractivity (Wildman–Crippen MR) is 129 cm³/mol. The van der Waals surface area contributed by atoms with Crippen LogP contribution in [0.1, 0.15) is 39.3 Å². The lowest BCUT2D eigenvalue weighted by Gasteiger charge is -2.19. The number of aromatic nitrogens is 1. The van der Waals surface area contributed by atoms with E-state index in [4.69, 9.17) is 0 Å². The maximum atomic E-state index is 12.8. The summed E-state index contributed by atoms with van der Waals surface area (Å²) >= 11 is 0. The van der Waals surface area contributed by atoms with Gasteiger partial charge < -0.3 is 10.2 Å². The highest BCUT2D eigenvalue weighted by Crippen LogP contribution is 2.29. The van der Waals surface area contributed by atoms with Crippen LogP contribution in [-0.4, -0.2) is 28.9 Å². The van der Waals surface area contributed by atoms with Gasteiger partial charge in [0.25, 0.3) is 5.91 Å². The van der Waals surface area contributed by atoms with Crippen molar-refractivity contribution in [2.24, 2.45) is 5.92 Å². The molecule has 0 spiro atoms. The van der Waals surface area contributed by atoms with Crippen molar-refractivity contribution in [3.63, 3.8) is 0 Å². The predicted octanol–water partition coefficient (Wildman–Crippen LogP) is 4.10. The number of hydrogen-bond acceptors (Lipinski definition) is 3. The molecule has 7 heteroatoms. The van der Waals surface area contributed by atoms with E-state index in [0.717, 1.165) is 28.2 Å². The Kier molecular flexibility index (Phi) is 6.05. The SMILES string of the molecule is Cc1ccc(N2C[C@@H](C(=O)Nc3ccc(C(=O)Nn4c(C)ccc4C)cc3)CC2=O)c(C)c1. The number of nitrogens with zero attached hydrogens (tertiary/aromatic N) is 2. The van der Waals surface area contributed by atoms with E-state index in [0.29, 0.717) is 17.8 Å². The highest BCUT2D eigenvalue weighted by atomic mass is 16.2. The lowest BCUT2D eigenvalue weighted by molar-refractivity contribution is -0.122. The maximum Gasteiger partial charge on any atom is 0.270 e. The minimum absolute atomic E-state index is 0.0512. The number of anilines is 2. The molecule has 3 amide bonds. The number of aryl methyl sites for hydroxylation is 4. The van der Waals surface area contributed by atoms with E-state index in [1.165, 1.54) is 0 Å². The van der Waals surface area contributed by atoms with Crippen molar-refractivity contribution in [1.82, 2.24) is 4.68 Å². The summed E-state index contributed by atoms with van der Waals surface area (Å²) in [5.74, 6) is -0.919. The number of rotatable bonds is 5. The molecule has 7 nitrogen and oxygen atoms in total. The van der Waals surface area contributed by atoms with Crippen LogP contribution in [0.4, 0.5) is 11.4 Å². The van der Waals surface area contributed by atoms with Gasteiger partial charge in [0, 0.05) is 41.3 Å². The van der Waals surface area contributed by atoms with Gasteiger partial charge in [-0.1, -0.05) is 17.7 Å². The zero-order valence-corrected chi connectivity index (χ0v) is 19.3. The van der Waals surface area contributed by atoms with Crippen LogP contribution in [0.5, 0.6) is 0 Å². The van der Waals surface area contributed by atoms with Gasteiger partial charge in [0.15, 0.2) is 0 Å². The number of amides is 3. The van der Waals surface area contributed by atoms with E-state index in [1.807, 2.05) is 58.0 Å². The Balaban J connectivity index is 1.39. The summed E-state index contributed by atoms with van der Waals surface area (Å²) in [6, 6.07) is 16.5. The van der Waals surface area contributed by atoms with Crippen LogP contribution in [0.2, 0.25) is 0 Å². The van der Waals surface area contributed by atoms with Crippen molar-refractivity contribution < 1.29 is 14.4 Å². The van der Waals surface area contributed by atoms with E-state index < -0.39 is 5.92 Å². The van der Waals surface area contributed by atoms with Crippen LogP contribution < -0.4 is 15.6 Å². The van der Waals surface area contributed by atoms with Crippen molar-refractivity contribution in [2.75, 3.05) is 22.2 Å². The molecule has 2 heterocycles. The molecule has 0 unspecified atom stereocenters. The first-order valence-corrected chi connectivity index (χ1v) is 11.0. The van der Waals surface area contributed by atoms with E-state index in [9.17, 15) is 14.4 Å². The Bertz CT molecular complexity index is 1210. The van der Waals surface area contributed by atoms with Crippen molar-refractivity contribution >= 4 is 29.1 Å². The smallest absolute Gasteiger partial charge is 0.270 e. The molecule has 0 aliphatic carbocycles. The lowest BCUT2D eigenvalue weighted by atomic mass is 10.1. The summed E-state index contributed by atoms with van der Waals surface area (Å²) in [5, 5.41) is 2.88. The Morgan fingerprint density at radius 2 is 1.58 bits per heavy atom. The average Bonchev–Trinajstić information content (AvgIpc) is 3.31. The molecule has 2 N–H and O–H groups in total. The fraction of sp³-hybridized carbons (Fsp3) is 0.269.